The van der Waals surface area contributed by atoms with Gasteiger partial charge in [-0.2, -0.15) is 0 Å². The molecular formula is C28H46N2O7. The van der Waals surface area contributed by atoms with E-state index in [-0.39, 0.29) is 49.7 Å². The summed E-state index contributed by atoms with van der Waals surface area (Å²) in [4.78, 5) is 38.4. The molecule has 0 unspecified atom stereocenters. The predicted octanol–water partition coefficient (Wildman–Crippen LogP) is 3.74. The van der Waals surface area contributed by atoms with Crippen LogP contribution in [0.4, 0.5) is 0 Å². The summed E-state index contributed by atoms with van der Waals surface area (Å²) in [6.45, 7) is 17.5. The summed E-state index contributed by atoms with van der Waals surface area (Å²) < 4.78 is 16.1. The van der Waals surface area contributed by atoms with E-state index >= 15 is 0 Å². The lowest BCUT2D eigenvalue weighted by atomic mass is 10.0. The van der Waals surface area contributed by atoms with Crippen molar-refractivity contribution in [1.29, 1.82) is 0 Å². The number of ether oxygens (including phenoxy) is 3. The number of phenolic OH excluding ortho intramolecular Hbond substituents is 1. The summed E-state index contributed by atoms with van der Waals surface area (Å²) in [7, 11) is 0. The summed E-state index contributed by atoms with van der Waals surface area (Å²) in [6, 6.07) is 5.19. The number of aryl methyl sites for hydroxylation is 1. The maximum atomic E-state index is 12.5. The quantitative estimate of drug-likeness (QED) is 0.241. The van der Waals surface area contributed by atoms with Crippen LogP contribution in [0.25, 0.3) is 0 Å². The number of carbonyl (C=O) groups is 3. The Hall–Kier alpha value is -2.65. The van der Waals surface area contributed by atoms with Gasteiger partial charge < -0.3 is 24.6 Å². The fraction of sp³-hybridized carbons (Fsp3) is 0.679. The van der Waals surface area contributed by atoms with Gasteiger partial charge in [0.05, 0.1) is 13.1 Å². The highest BCUT2D eigenvalue weighted by Gasteiger charge is 2.21. The second-order valence-corrected chi connectivity index (χ2v) is 12.1. The topological polar surface area (TPSA) is 114 Å². The smallest absolute Gasteiger partial charge is 0.320 e. The third kappa shape index (κ3) is 15.9. The monoisotopic (exact) mass is 522 g/mol. The summed E-state index contributed by atoms with van der Waals surface area (Å²) in [5.74, 6) is -0.941. The van der Waals surface area contributed by atoms with Crippen molar-refractivity contribution < 1.29 is 33.7 Å². The molecule has 0 atom stereocenters. The van der Waals surface area contributed by atoms with E-state index in [0.717, 1.165) is 5.56 Å². The Morgan fingerprint density at radius 1 is 0.838 bits per heavy atom. The molecule has 2 N–H and O–H groups in total. The molecule has 210 valence electrons. The maximum Gasteiger partial charge on any atom is 0.320 e. The summed E-state index contributed by atoms with van der Waals surface area (Å²) in [6.07, 6.45) is 0.684. The Morgan fingerprint density at radius 3 is 1.95 bits per heavy atom. The molecule has 0 spiro atoms. The standard InChI is InChI=1S/C28H46N2O7/c1-26(2,3)35-23(32)13-11-20-10-12-22(31)21(16-20)18-30(19-25(34)37-28(7,8)9)15-14-29-17-24(33)36-27(4,5)6/h10,12,16,29,31H,11,13-15,17-19H2,1-9H3. The number of hydrogen-bond acceptors (Lipinski definition) is 9. The Morgan fingerprint density at radius 2 is 1.38 bits per heavy atom. The minimum atomic E-state index is -0.624. The van der Waals surface area contributed by atoms with Crippen molar-refractivity contribution in [2.75, 3.05) is 26.2 Å². The van der Waals surface area contributed by atoms with E-state index in [2.05, 4.69) is 5.32 Å². The van der Waals surface area contributed by atoms with E-state index in [0.29, 0.717) is 25.1 Å². The maximum absolute atomic E-state index is 12.5. The molecule has 0 heterocycles. The molecule has 0 bridgehead atoms. The average molecular weight is 523 g/mol. The first-order valence-electron chi connectivity index (χ1n) is 12.7. The first-order chi connectivity index (χ1) is 16.8. The van der Waals surface area contributed by atoms with Gasteiger partial charge in [0.1, 0.15) is 22.6 Å². The van der Waals surface area contributed by atoms with Crippen molar-refractivity contribution in [1.82, 2.24) is 10.2 Å². The molecule has 0 aromatic heterocycles. The van der Waals surface area contributed by atoms with E-state index < -0.39 is 16.8 Å². The Labute approximate surface area is 221 Å². The van der Waals surface area contributed by atoms with Gasteiger partial charge in [-0.05, 0) is 80.4 Å². The summed E-state index contributed by atoms with van der Waals surface area (Å²) in [5, 5.41) is 13.5. The molecule has 0 saturated heterocycles. The molecule has 1 aromatic rings. The van der Waals surface area contributed by atoms with Crippen molar-refractivity contribution in [3.63, 3.8) is 0 Å². The number of benzene rings is 1. The van der Waals surface area contributed by atoms with E-state index in [9.17, 15) is 19.5 Å². The van der Waals surface area contributed by atoms with Gasteiger partial charge in [0.2, 0.25) is 0 Å². The summed E-state index contributed by atoms with van der Waals surface area (Å²) in [5.41, 5.74) is -0.234. The van der Waals surface area contributed by atoms with Crippen LogP contribution in [0.3, 0.4) is 0 Å². The molecule has 9 heteroatoms. The van der Waals surface area contributed by atoms with Crippen LogP contribution in [0.1, 0.15) is 79.9 Å². The number of hydrogen-bond donors (Lipinski definition) is 2. The Kier molecular flexibility index (Phi) is 12.0. The minimum absolute atomic E-state index is 0.00691. The predicted molar refractivity (Wildman–Crippen MR) is 142 cm³/mol. The van der Waals surface area contributed by atoms with Crippen molar-refractivity contribution in [2.24, 2.45) is 0 Å². The van der Waals surface area contributed by atoms with Crippen LogP contribution in [-0.2, 0) is 41.6 Å². The minimum Gasteiger partial charge on any atom is -0.508 e. The number of phenols is 1. The van der Waals surface area contributed by atoms with Crippen LogP contribution < -0.4 is 5.32 Å². The Bertz CT molecular complexity index is 909. The lowest BCUT2D eigenvalue weighted by Gasteiger charge is -2.26. The molecule has 9 nitrogen and oxygen atoms in total. The van der Waals surface area contributed by atoms with Gasteiger partial charge in [0, 0.05) is 31.6 Å². The average Bonchev–Trinajstić information content (AvgIpc) is 2.67. The molecule has 0 radical (unpaired) electrons. The highest BCUT2D eigenvalue weighted by atomic mass is 16.6. The van der Waals surface area contributed by atoms with Crippen molar-refractivity contribution in [2.45, 2.75) is 98.5 Å². The number of nitrogens with one attached hydrogen (secondary N) is 1. The van der Waals surface area contributed by atoms with Crippen LogP contribution in [0, 0.1) is 0 Å². The van der Waals surface area contributed by atoms with Crippen LogP contribution in [-0.4, -0.2) is 70.9 Å². The van der Waals surface area contributed by atoms with Crippen LogP contribution in [0.15, 0.2) is 18.2 Å². The third-order valence-electron chi connectivity index (χ3n) is 4.64. The first-order valence-corrected chi connectivity index (χ1v) is 12.7. The van der Waals surface area contributed by atoms with Gasteiger partial charge in [0.25, 0.3) is 0 Å². The van der Waals surface area contributed by atoms with Gasteiger partial charge in [0.15, 0.2) is 0 Å². The highest BCUT2D eigenvalue weighted by molar-refractivity contribution is 5.72. The van der Waals surface area contributed by atoms with E-state index in [1.165, 1.54) is 0 Å². The molecule has 0 aliphatic heterocycles. The third-order valence-corrected chi connectivity index (χ3v) is 4.64. The first kappa shape index (κ1) is 32.4. The Balaban J connectivity index is 2.85. The molecule has 37 heavy (non-hydrogen) atoms. The number of aromatic hydroxyl groups is 1. The number of carbonyl (C=O) groups excluding carboxylic acids is 3. The van der Waals surface area contributed by atoms with Crippen LogP contribution in [0.2, 0.25) is 0 Å². The molecule has 0 aliphatic carbocycles. The van der Waals surface area contributed by atoms with Crippen molar-refractivity contribution in [3.8, 4) is 5.75 Å². The van der Waals surface area contributed by atoms with Crippen LogP contribution in [0.5, 0.6) is 5.75 Å². The zero-order valence-electron chi connectivity index (χ0n) is 24.0. The molecule has 1 aromatic carbocycles. The fourth-order valence-electron chi connectivity index (χ4n) is 3.38. The van der Waals surface area contributed by atoms with Crippen LogP contribution >= 0.6 is 0 Å². The second kappa shape index (κ2) is 13.8. The molecule has 0 fully saturated rings. The lowest BCUT2D eigenvalue weighted by Crippen LogP contribution is -2.39. The number of rotatable bonds is 12. The molecule has 0 amide bonds. The normalized spacial score (nSPS) is 12.4. The van der Waals surface area contributed by atoms with Gasteiger partial charge in [-0.15, -0.1) is 0 Å². The molecule has 1 rings (SSSR count). The van der Waals surface area contributed by atoms with Crippen molar-refractivity contribution >= 4 is 17.9 Å². The van der Waals surface area contributed by atoms with Gasteiger partial charge in [-0.3, -0.25) is 19.3 Å². The van der Waals surface area contributed by atoms with Gasteiger partial charge in [-0.1, -0.05) is 12.1 Å². The fourth-order valence-corrected chi connectivity index (χ4v) is 3.38. The van der Waals surface area contributed by atoms with Gasteiger partial charge in [-0.25, -0.2) is 0 Å². The van der Waals surface area contributed by atoms with Crippen molar-refractivity contribution in [3.05, 3.63) is 29.3 Å². The van der Waals surface area contributed by atoms with E-state index in [1.54, 1.807) is 32.9 Å². The molecular weight excluding hydrogens is 476 g/mol. The second-order valence-electron chi connectivity index (χ2n) is 12.1. The molecule has 0 saturated carbocycles. The highest BCUT2D eigenvalue weighted by Crippen LogP contribution is 2.22. The SMILES string of the molecule is CC(C)(C)OC(=O)CCc1ccc(O)c(CN(CCNCC(=O)OC(C)(C)C)CC(=O)OC(C)(C)C)c1. The largest absolute Gasteiger partial charge is 0.508 e. The number of esters is 3. The summed E-state index contributed by atoms with van der Waals surface area (Å²) >= 11 is 0. The van der Waals surface area contributed by atoms with Gasteiger partial charge >= 0.3 is 17.9 Å². The zero-order chi connectivity index (χ0) is 28.4. The van der Waals surface area contributed by atoms with E-state index in [4.69, 9.17) is 14.2 Å². The van der Waals surface area contributed by atoms with E-state index in [1.807, 2.05) is 52.5 Å². The zero-order valence-corrected chi connectivity index (χ0v) is 24.0. The number of nitrogens with zero attached hydrogens (tertiary/aromatic N) is 1. The lowest BCUT2D eigenvalue weighted by molar-refractivity contribution is -0.157. The molecule has 0 aliphatic rings.